The van der Waals surface area contributed by atoms with Crippen LogP contribution in [0.4, 0.5) is 0 Å². The van der Waals surface area contributed by atoms with E-state index in [1.807, 2.05) is 57.4 Å². The molecule has 0 aliphatic carbocycles. The highest BCUT2D eigenvalue weighted by molar-refractivity contribution is 7.98. The maximum Gasteiger partial charge on any atom is 0.326 e. The summed E-state index contributed by atoms with van der Waals surface area (Å²) >= 11 is 1.53. The molecule has 1 aromatic rings. The van der Waals surface area contributed by atoms with Gasteiger partial charge in [0, 0.05) is 0 Å². The Morgan fingerprint density at radius 2 is 1.44 bits per heavy atom. The Hall–Kier alpha value is -2.59. The number of carbonyl (C=O) groups is 4. The first-order valence-corrected chi connectivity index (χ1v) is 13.9. The molecule has 6 unspecified atom stereocenters. The van der Waals surface area contributed by atoms with Crippen LogP contribution in [-0.2, 0) is 25.6 Å². The van der Waals surface area contributed by atoms with Crippen LogP contribution < -0.4 is 21.7 Å². The van der Waals surface area contributed by atoms with Gasteiger partial charge in [-0.3, -0.25) is 14.4 Å². The van der Waals surface area contributed by atoms with E-state index in [9.17, 15) is 24.3 Å². The molecule has 1 rings (SSSR count). The third kappa shape index (κ3) is 10.2. The van der Waals surface area contributed by atoms with Crippen LogP contribution in [0.25, 0.3) is 0 Å². The lowest BCUT2D eigenvalue weighted by Gasteiger charge is -2.29. The van der Waals surface area contributed by atoms with E-state index >= 15 is 0 Å². The van der Waals surface area contributed by atoms with Crippen LogP contribution >= 0.6 is 11.8 Å². The number of nitrogens with two attached hydrogens (primary N) is 1. The van der Waals surface area contributed by atoms with Crippen molar-refractivity contribution < 1.29 is 24.3 Å². The summed E-state index contributed by atoms with van der Waals surface area (Å²) in [5.74, 6) is -2.54. The Balaban J connectivity index is 2.98. The Kier molecular flexibility index (Phi) is 14.2. The minimum absolute atomic E-state index is 0.252. The molecule has 6 atom stereocenters. The van der Waals surface area contributed by atoms with Gasteiger partial charge in [-0.05, 0) is 42.2 Å². The molecule has 9 nitrogen and oxygen atoms in total. The van der Waals surface area contributed by atoms with Gasteiger partial charge in [-0.2, -0.15) is 11.8 Å². The van der Waals surface area contributed by atoms with E-state index in [2.05, 4.69) is 16.0 Å². The molecule has 202 valence electrons. The minimum atomic E-state index is -1.12. The molecule has 0 aliphatic rings. The van der Waals surface area contributed by atoms with Crippen LogP contribution in [-0.4, -0.2) is 65.0 Å². The van der Waals surface area contributed by atoms with Crippen LogP contribution in [0, 0.1) is 11.8 Å². The standard InChI is InChI=1S/C26H42N4O5S/c1-6-16(3)21(25(33)30-22(26(34)35)17(4)7-2)29-24(32)20(13-14-36-5)28-23(31)19(27)15-18-11-9-8-10-12-18/h8-12,16-17,19-22H,6-7,13-15,27H2,1-5H3,(H,28,31)(H,29,32)(H,30,33)(H,34,35). The molecule has 0 saturated heterocycles. The zero-order valence-corrected chi connectivity index (χ0v) is 22.8. The normalized spacial score (nSPS) is 16.1. The van der Waals surface area contributed by atoms with Gasteiger partial charge in [0.05, 0.1) is 6.04 Å². The molecule has 0 aliphatic heterocycles. The van der Waals surface area contributed by atoms with Gasteiger partial charge in [0.2, 0.25) is 17.7 Å². The summed E-state index contributed by atoms with van der Waals surface area (Å²) in [5, 5.41) is 17.7. The van der Waals surface area contributed by atoms with E-state index in [-0.39, 0.29) is 11.8 Å². The Morgan fingerprint density at radius 1 is 0.889 bits per heavy atom. The van der Waals surface area contributed by atoms with Crippen molar-refractivity contribution in [1.29, 1.82) is 0 Å². The van der Waals surface area contributed by atoms with Crippen LogP contribution in [0.15, 0.2) is 30.3 Å². The summed E-state index contributed by atoms with van der Waals surface area (Å²) in [6, 6.07) is 5.65. The average Bonchev–Trinajstić information content (AvgIpc) is 2.87. The van der Waals surface area contributed by atoms with Crippen molar-refractivity contribution in [3.63, 3.8) is 0 Å². The summed E-state index contributed by atoms with van der Waals surface area (Å²) < 4.78 is 0. The van der Waals surface area contributed by atoms with E-state index in [0.717, 1.165) is 5.56 Å². The monoisotopic (exact) mass is 522 g/mol. The molecule has 0 heterocycles. The number of benzene rings is 1. The highest BCUT2D eigenvalue weighted by Gasteiger charge is 2.33. The van der Waals surface area contributed by atoms with Gasteiger partial charge in [-0.25, -0.2) is 4.79 Å². The SMILES string of the molecule is CCC(C)C(NC(=O)C(NC(=O)C(CCSC)NC(=O)C(N)Cc1ccccc1)C(C)CC)C(=O)O. The summed E-state index contributed by atoms with van der Waals surface area (Å²) in [4.78, 5) is 50.8. The van der Waals surface area contributed by atoms with Crippen LogP contribution in [0.1, 0.15) is 52.5 Å². The number of carboxylic acids is 1. The highest BCUT2D eigenvalue weighted by Crippen LogP contribution is 2.13. The number of rotatable bonds is 16. The summed E-state index contributed by atoms with van der Waals surface area (Å²) in [7, 11) is 0. The van der Waals surface area contributed by atoms with Crippen molar-refractivity contribution in [3.8, 4) is 0 Å². The molecule has 0 fully saturated rings. The minimum Gasteiger partial charge on any atom is -0.480 e. The van der Waals surface area contributed by atoms with Gasteiger partial charge in [0.25, 0.3) is 0 Å². The first kappa shape index (κ1) is 31.4. The molecule has 0 radical (unpaired) electrons. The predicted molar refractivity (Wildman–Crippen MR) is 143 cm³/mol. The van der Waals surface area contributed by atoms with Crippen molar-refractivity contribution in [2.24, 2.45) is 17.6 Å². The number of aliphatic carboxylic acids is 1. The third-order valence-electron chi connectivity index (χ3n) is 6.45. The fourth-order valence-corrected chi connectivity index (χ4v) is 4.10. The summed E-state index contributed by atoms with van der Waals surface area (Å²) in [6.45, 7) is 7.30. The lowest BCUT2D eigenvalue weighted by molar-refractivity contribution is -0.144. The quantitative estimate of drug-likeness (QED) is 0.223. The second-order valence-corrected chi connectivity index (χ2v) is 10.2. The number of carbonyl (C=O) groups excluding carboxylic acids is 3. The summed E-state index contributed by atoms with van der Waals surface area (Å²) in [6.07, 6.45) is 3.74. The van der Waals surface area contributed by atoms with E-state index < -0.39 is 47.9 Å². The number of hydrogen-bond acceptors (Lipinski definition) is 6. The Morgan fingerprint density at radius 3 is 1.97 bits per heavy atom. The maximum absolute atomic E-state index is 13.2. The smallest absolute Gasteiger partial charge is 0.326 e. The molecule has 36 heavy (non-hydrogen) atoms. The zero-order valence-electron chi connectivity index (χ0n) is 22.0. The van der Waals surface area contributed by atoms with Crippen molar-refractivity contribution in [1.82, 2.24) is 16.0 Å². The van der Waals surface area contributed by atoms with Gasteiger partial charge in [-0.1, -0.05) is 70.9 Å². The van der Waals surface area contributed by atoms with E-state index in [0.29, 0.717) is 31.4 Å². The van der Waals surface area contributed by atoms with Crippen LogP contribution in [0.2, 0.25) is 0 Å². The van der Waals surface area contributed by atoms with Crippen LogP contribution in [0.5, 0.6) is 0 Å². The highest BCUT2D eigenvalue weighted by atomic mass is 32.2. The van der Waals surface area contributed by atoms with Gasteiger partial charge in [0.1, 0.15) is 18.1 Å². The Bertz CT molecular complexity index is 854. The van der Waals surface area contributed by atoms with Gasteiger partial charge in [0.15, 0.2) is 0 Å². The van der Waals surface area contributed by atoms with Crippen LogP contribution in [0.3, 0.4) is 0 Å². The number of amides is 3. The zero-order chi connectivity index (χ0) is 27.3. The fourth-order valence-electron chi connectivity index (χ4n) is 3.63. The van der Waals surface area contributed by atoms with E-state index in [4.69, 9.17) is 5.73 Å². The second-order valence-electron chi connectivity index (χ2n) is 9.22. The molecule has 0 aromatic heterocycles. The first-order valence-electron chi connectivity index (χ1n) is 12.5. The molecular weight excluding hydrogens is 480 g/mol. The molecule has 0 saturated carbocycles. The first-order chi connectivity index (χ1) is 17.0. The van der Waals surface area contributed by atoms with Gasteiger partial charge < -0.3 is 26.8 Å². The van der Waals surface area contributed by atoms with Crippen molar-refractivity contribution in [2.45, 2.75) is 77.5 Å². The van der Waals surface area contributed by atoms with Crippen molar-refractivity contribution in [3.05, 3.63) is 35.9 Å². The van der Waals surface area contributed by atoms with Crippen molar-refractivity contribution >= 4 is 35.5 Å². The summed E-state index contributed by atoms with van der Waals surface area (Å²) in [5.41, 5.74) is 7.01. The lowest BCUT2D eigenvalue weighted by atomic mass is 9.95. The molecule has 0 bridgehead atoms. The molecule has 0 spiro atoms. The molecule has 6 N–H and O–H groups in total. The molecular formula is C26H42N4O5S. The van der Waals surface area contributed by atoms with E-state index in [1.54, 1.807) is 6.92 Å². The third-order valence-corrected chi connectivity index (χ3v) is 7.09. The van der Waals surface area contributed by atoms with Gasteiger partial charge in [-0.15, -0.1) is 0 Å². The van der Waals surface area contributed by atoms with Gasteiger partial charge >= 0.3 is 5.97 Å². The van der Waals surface area contributed by atoms with Crippen molar-refractivity contribution in [2.75, 3.05) is 12.0 Å². The second kappa shape index (κ2) is 16.2. The predicted octanol–water partition coefficient (Wildman–Crippen LogP) is 1.94. The largest absolute Gasteiger partial charge is 0.480 e. The lowest BCUT2D eigenvalue weighted by Crippen LogP contribution is -2.59. The average molecular weight is 523 g/mol. The number of nitrogens with one attached hydrogen (secondary N) is 3. The number of thioether (sulfide) groups is 1. The number of carboxylic acid groups (broad SMARTS) is 1. The Labute approximate surface area is 218 Å². The maximum atomic E-state index is 13.2. The fraction of sp³-hybridized carbons (Fsp3) is 0.615. The number of hydrogen-bond donors (Lipinski definition) is 5. The molecule has 10 heteroatoms. The van der Waals surface area contributed by atoms with E-state index in [1.165, 1.54) is 11.8 Å². The molecule has 3 amide bonds. The molecule has 1 aromatic carbocycles. The topological polar surface area (TPSA) is 151 Å².